The van der Waals surface area contributed by atoms with E-state index in [1.54, 1.807) is 10.4 Å². The molecule has 0 aromatic heterocycles. The second kappa shape index (κ2) is 5.13. The van der Waals surface area contributed by atoms with Gasteiger partial charge < -0.3 is 5.32 Å². The van der Waals surface area contributed by atoms with Crippen LogP contribution in [-0.2, 0) is 23.1 Å². The summed E-state index contributed by atoms with van der Waals surface area (Å²) in [5, 5.41) is 3.25. The molecular weight excluding hydrogens is 272 g/mol. The maximum atomic E-state index is 12.8. The quantitative estimate of drug-likeness (QED) is 0.909. The minimum atomic E-state index is -3.36. The molecule has 1 N–H and O–H groups in total. The molecule has 2 heterocycles. The van der Waals surface area contributed by atoms with Gasteiger partial charge in [0.2, 0.25) is 10.0 Å². The number of nitrogens with one attached hydrogen (secondary N) is 1. The normalized spacial score (nSPS) is 27.5. The maximum Gasteiger partial charge on any atom is 0.243 e. The van der Waals surface area contributed by atoms with E-state index >= 15 is 0 Å². The monoisotopic (exact) mass is 294 g/mol. The van der Waals surface area contributed by atoms with Crippen molar-refractivity contribution in [3.8, 4) is 0 Å². The summed E-state index contributed by atoms with van der Waals surface area (Å²) in [6.45, 7) is 6.41. The Hall–Kier alpha value is -0.910. The number of nitrogens with zero attached hydrogens (tertiary/aromatic N) is 1. The van der Waals surface area contributed by atoms with Crippen LogP contribution in [0.1, 0.15) is 37.8 Å². The molecule has 0 aliphatic carbocycles. The highest BCUT2D eigenvalue weighted by molar-refractivity contribution is 7.89. The number of piperidine rings is 1. The molecule has 110 valence electrons. The number of benzene rings is 1. The molecule has 20 heavy (non-hydrogen) atoms. The molecule has 2 atom stereocenters. The van der Waals surface area contributed by atoms with Crippen LogP contribution in [0.3, 0.4) is 0 Å². The number of hydrogen-bond acceptors (Lipinski definition) is 3. The third-order valence-electron chi connectivity index (χ3n) is 4.73. The van der Waals surface area contributed by atoms with Crippen LogP contribution >= 0.6 is 0 Å². The smallest absolute Gasteiger partial charge is 0.243 e. The first kappa shape index (κ1) is 14.0. The van der Waals surface area contributed by atoms with Gasteiger partial charge in [-0.2, -0.15) is 4.31 Å². The zero-order valence-electron chi connectivity index (χ0n) is 12.1. The summed E-state index contributed by atoms with van der Waals surface area (Å²) < 4.78 is 27.4. The molecule has 1 aromatic rings. The first-order valence-electron chi connectivity index (χ1n) is 7.34. The van der Waals surface area contributed by atoms with Gasteiger partial charge in [-0.15, -0.1) is 0 Å². The summed E-state index contributed by atoms with van der Waals surface area (Å²) in [7, 11) is -3.36. The Morgan fingerprint density at radius 2 is 1.95 bits per heavy atom. The van der Waals surface area contributed by atoms with Gasteiger partial charge in [-0.3, -0.25) is 0 Å². The average molecular weight is 294 g/mol. The summed E-state index contributed by atoms with van der Waals surface area (Å²) in [5.41, 5.74) is 2.33. The molecule has 5 heteroatoms. The van der Waals surface area contributed by atoms with E-state index < -0.39 is 10.0 Å². The van der Waals surface area contributed by atoms with E-state index in [4.69, 9.17) is 0 Å². The van der Waals surface area contributed by atoms with Crippen LogP contribution in [-0.4, -0.2) is 25.3 Å². The summed E-state index contributed by atoms with van der Waals surface area (Å²) in [4.78, 5) is 0.445. The van der Waals surface area contributed by atoms with E-state index in [9.17, 15) is 8.42 Å². The van der Waals surface area contributed by atoms with E-state index in [0.29, 0.717) is 17.4 Å². The molecule has 3 rings (SSSR count). The van der Waals surface area contributed by atoms with Crippen molar-refractivity contribution < 1.29 is 8.42 Å². The van der Waals surface area contributed by atoms with E-state index in [1.807, 2.05) is 19.1 Å². The van der Waals surface area contributed by atoms with Gasteiger partial charge in [-0.05, 0) is 48.9 Å². The predicted molar refractivity (Wildman–Crippen MR) is 78.7 cm³/mol. The summed E-state index contributed by atoms with van der Waals surface area (Å²) in [6.07, 6.45) is 2.07. The van der Waals surface area contributed by atoms with Crippen molar-refractivity contribution in [2.75, 3.05) is 6.54 Å². The molecule has 0 saturated carbocycles. The SMILES string of the molecule is CC1CCCN(S(=O)(=O)c2ccc3c(c2)CNC3)C1C. The summed E-state index contributed by atoms with van der Waals surface area (Å²) in [5.74, 6) is 0.426. The Labute approximate surface area is 121 Å². The number of fused-ring (bicyclic) bond motifs is 1. The predicted octanol–water partition coefficient (Wildman–Crippen LogP) is 2.10. The second-order valence-electron chi connectivity index (χ2n) is 6.01. The highest BCUT2D eigenvalue weighted by Crippen LogP contribution is 2.30. The van der Waals surface area contributed by atoms with Crippen molar-refractivity contribution in [2.45, 2.75) is 50.7 Å². The van der Waals surface area contributed by atoms with Crippen molar-refractivity contribution in [1.29, 1.82) is 0 Å². The van der Waals surface area contributed by atoms with Gasteiger partial charge in [0.25, 0.3) is 0 Å². The van der Waals surface area contributed by atoms with Gasteiger partial charge in [0, 0.05) is 25.7 Å². The zero-order valence-corrected chi connectivity index (χ0v) is 12.9. The largest absolute Gasteiger partial charge is 0.309 e. The second-order valence-corrected chi connectivity index (χ2v) is 7.90. The number of hydrogen-bond donors (Lipinski definition) is 1. The van der Waals surface area contributed by atoms with Crippen LogP contribution in [0.2, 0.25) is 0 Å². The molecule has 0 bridgehead atoms. The standard InChI is InChI=1S/C15H22N2O2S/c1-11-4-3-7-17(12(11)2)20(18,19)15-6-5-13-9-16-10-14(13)8-15/h5-6,8,11-12,16H,3-4,7,9-10H2,1-2H3. The Kier molecular flexibility index (Phi) is 3.60. The van der Waals surface area contributed by atoms with Crippen molar-refractivity contribution in [3.05, 3.63) is 29.3 Å². The van der Waals surface area contributed by atoms with Crippen LogP contribution in [0.25, 0.3) is 0 Å². The van der Waals surface area contributed by atoms with Gasteiger partial charge in [0.15, 0.2) is 0 Å². The third kappa shape index (κ3) is 2.28. The zero-order chi connectivity index (χ0) is 14.3. The van der Waals surface area contributed by atoms with Crippen LogP contribution in [0.4, 0.5) is 0 Å². The number of rotatable bonds is 2. The molecule has 1 fully saturated rings. The first-order valence-corrected chi connectivity index (χ1v) is 8.78. The van der Waals surface area contributed by atoms with Crippen LogP contribution in [0.5, 0.6) is 0 Å². The van der Waals surface area contributed by atoms with E-state index in [0.717, 1.165) is 31.5 Å². The van der Waals surface area contributed by atoms with Crippen molar-refractivity contribution in [2.24, 2.45) is 5.92 Å². The van der Waals surface area contributed by atoms with Gasteiger partial charge >= 0.3 is 0 Å². The van der Waals surface area contributed by atoms with Gasteiger partial charge in [0.05, 0.1) is 4.90 Å². The van der Waals surface area contributed by atoms with Gasteiger partial charge in [-0.25, -0.2) is 8.42 Å². The molecule has 0 amide bonds. The first-order chi connectivity index (χ1) is 9.50. The molecule has 2 unspecified atom stereocenters. The molecule has 0 spiro atoms. The average Bonchev–Trinajstić information content (AvgIpc) is 2.89. The Balaban J connectivity index is 1.95. The molecule has 1 aromatic carbocycles. The highest BCUT2D eigenvalue weighted by atomic mass is 32.2. The van der Waals surface area contributed by atoms with Gasteiger partial charge in [-0.1, -0.05) is 13.0 Å². The Bertz CT molecular complexity index is 612. The lowest BCUT2D eigenvalue weighted by molar-refractivity contribution is 0.202. The lowest BCUT2D eigenvalue weighted by Crippen LogP contribution is -2.45. The van der Waals surface area contributed by atoms with Crippen molar-refractivity contribution >= 4 is 10.0 Å². The fraction of sp³-hybridized carbons (Fsp3) is 0.600. The summed E-state index contributed by atoms with van der Waals surface area (Å²) in [6, 6.07) is 5.63. The minimum Gasteiger partial charge on any atom is -0.309 e. The Morgan fingerprint density at radius 1 is 1.20 bits per heavy atom. The lowest BCUT2D eigenvalue weighted by Gasteiger charge is -2.36. The molecule has 0 radical (unpaired) electrons. The molecule has 2 aliphatic rings. The van der Waals surface area contributed by atoms with E-state index in [1.165, 1.54) is 5.56 Å². The van der Waals surface area contributed by atoms with E-state index in [-0.39, 0.29) is 6.04 Å². The van der Waals surface area contributed by atoms with Crippen molar-refractivity contribution in [1.82, 2.24) is 9.62 Å². The Morgan fingerprint density at radius 3 is 2.75 bits per heavy atom. The fourth-order valence-electron chi connectivity index (χ4n) is 3.20. The molecule has 2 aliphatic heterocycles. The van der Waals surface area contributed by atoms with E-state index in [2.05, 4.69) is 12.2 Å². The third-order valence-corrected chi connectivity index (χ3v) is 6.71. The van der Waals surface area contributed by atoms with Crippen LogP contribution < -0.4 is 5.32 Å². The minimum absolute atomic E-state index is 0.0835. The summed E-state index contributed by atoms with van der Waals surface area (Å²) >= 11 is 0. The maximum absolute atomic E-state index is 12.8. The van der Waals surface area contributed by atoms with Crippen LogP contribution in [0.15, 0.2) is 23.1 Å². The fourth-order valence-corrected chi connectivity index (χ4v) is 5.02. The van der Waals surface area contributed by atoms with Gasteiger partial charge in [0.1, 0.15) is 0 Å². The molecule has 1 saturated heterocycles. The highest BCUT2D eigenvalue weighted by Gasteiger charge is 2.34. The van der Waals surface area contributed by atoms with Crippen molar-refractivity contribution in [3.63, 3.8) is 0 Å². The topological polar surface area (TPSA) is 49.4 Å². The molecular formula is C15H22N2O2S. The molecule has 4 nitrogen and oxygen atoms in total. The lowest BCUT2D eigenvalue weighted by atomic mass is 9.94. The number of sulfonamides is 1. The van der Waals surface area contributed by atoms with Crippen LogP contribution in [0, 0.1) is 5.92 Å².